The van der Waals surface area contributed by atoms with Gasteiger partial charge in [0.1, 0.15) is 10.7 Å². The molecule has 0 saturated carbocycles. The van der Waals surface area contributed by atoms with E-state index in [2.05, 4.69) is 15.6 Å². The maximum Gasteiger partial charge on any atom is 0.283 e. The zero-order valence-corrected chi connectivity index (χ0v) is 20.2. The summed E-state index contributed by atoms with van der Waals surface area (Å²) in [6.45, 7) is 5.52. The molecule has 0 bridgehead atoms. The summed E-state index contributed by atoms with van der Waals surface area (Å²) >= 11 is 13.8. The van der Waals surface area contributed by atoms with Crippen molar-refractivity contribution in [3.8, 4) is 0 Å². The van der Waals surface area contributed by atoms with Gasteiger partial charge < -0.3 is 5.32 Å². The Balaban J connectivity index is 1.56. The molecule has 0 unspecified atom stereocenters. The second-order valence-corrected chi connectivity index (χ2v) is 9.33. The summed E-state index contributed by atoms with van der Waals surface area (Å²) in [6.07, 6.45) is 0. The predicted octanol–water partition coefficient (Wildman–Crippen LogP) is 5.41. The van der Waals surface area contributed by atoms with Gasteiger partial charge in [-0.3, -0.25) is 19.7 Å². The van der Waals surface area contributed by atoms with E-state index < -0.39 is 11.8 Å². The number of imide groups is 1. The smallest absolute Gasteiger partial charge is 0.283 e. The Hall–Kier alpha value is -3.20. The van der Waals surface area contributed by atoms with Gasteiger partial charge in [-0.05, 0) is 56.7 Å². The minimum Gasteiger partial charge on any atom is -0.350 e. The molecule has 1 aliphatic heterocycles. The summed E-state index contributed by atoms with van der Waals surface area (Å²) in [5.41, 5.74) is 2.49. The number of amides is 3. The number of carbonyl (C=O) groups is 3. The largest absolute Gasteiger partial charge is 0.350 e. The monoisotopic (exact) mass is 500 g/mol. The number of aromatic nitrogens is 1. The highest BCUT2D eigenvalue weighted by atomic mass is 35.5. The van der Waals surface area contributed by atoms with Gasteiger partial charge in [-0.1, -0.05) is 35.3 Å². The molecule has 1 aliphatic rings. The van der Waals surface area contributed by atoms with Crippen molar-refractivity contribution in [2.75, 3.05) is 15.5 Å². The van der Waals surface area contributed by atoms with Crippen LogP contribution in [0.4, 0.5) is 16.5 Å². The van der Waals surface area contributed by atoms with Crippen LogP contribution in [-0.4, -0.2) is 22.7 Å². The highest BCUT2D eigenvalue weighted by Gasteiger charge is 2.39. The molecule has 10 heteroatoms. The van der Waals surface area contributed by atoms with E-state index in [0.717, 1.165) is 15.5 Å². The third kappa shape index (κ3) is 4.37. The van der Waals surface area contributed by atoms with Crippen molar-refractivity contribution in [1.82, 2.24) is 4.98 Å². The number of anilines is 3. The molecule has 0 aliphatic carbocycles. The molecule has 2 N–H and O–H groups in total. The summed E-state index contributed by atoms with van der Waals surface area (Å²) in [5, 5.41) is 6.33. The summed E-state index contributed by atoms with van der Waals surface area (Å²) < 4.78 is 0. The van der Waals surface area contributed by atoms with E-state index in [-0.39, 0.29) is 16.6 Å². The lowest BCUT2D eigenvalue weighted by molar-refractivity contribution is -0.120. The summed E-state index contributed by atoms with van der Waals surface area (Å²) in [7, 11) is 0. The first-order valence-electron chi connectivity index (χ1n) is 9.83. The van der Waals surface area contributed by atoms with Gasteiger partial charge in [0.05, 0.1) is 11.4 Å². The predicted molar refractivity (Wildman–Crippen MR) is 131 cm³/mol. The second kappa shape index (κ2) is 8.97. The van der Waals surface area contributed by atoms with E-state index >= 15 is 0 Å². The van der Waals surface area contributed by atoms with Crippen LogP contribution in [0.3, 0.4) is 0 Å². The van der Waals surface area contributed by atoms with Crippen molar-refractivity contribution >= 4 is 68.8 Å². The van der Waals surface area contributed by atoms with Crippen molar-refractivity contribution in [2.45, 2.75) is 20.8 Å². The van der Waals surface area contributed by atoms with Crippen molar-refractivity contribution < 1.29 is 14.4 Å². The first-order chi connectivity index (χ1) is 15.7. The zero-order valence-electron chi connectivity index (χ0n) is 17.8. The maximum absolute atomic E-state index is 13.1. The first kappa shape index (κ1) is 23.0. The average Bonchev–Trinajstić information content (AvgIpc) is 3.20. The van der Waals surface area contributed by atoms with Gasteiger partial charge in [-0.25, -0.2) is 9.88 Å². The molecule has 3 amide bonds. The lowest BCUT2D eigenvalue weighted by Gasteiger charge is -2.18. The normalized spacial score (nSPS) is 13.7. The quantitative estimate of drug-likeness (QED) is 0.457. The SMILES string of the molecule is Cc1nc(NC(=O)c2cccc(NC3=C(Cl)C(=O)N(c4cccc(Cl)c4C)C3=O)c2)sc1C. The number of hydrogen-bond donors (Lipinski definition) is 2. The number of aryl methyl sites for hydroxylation is 2. The van der Waals surface area contributed by atoms with Gasteiger partial charge in [0.15, 0.2) is 5.13 Å². The molecule has 0 radical (unpaired) electrons. The molecule has 0 saturated heterocycles. The minimum atomic E-state index is -0.655. The zero-order chi connectivity index (χ0) is 23.9. The molecular weight excluding hydrogens is 483 g/mol. The molecular formula is C23H18Cl2N4O3S. The first-order valence-corrected chi connectivity index (χ1v) is 11.4. The fourth-order valence-corrected chi connectivity index (χ4v) is 4.44. The lowest BCUT2D eigenvalue weighted by Crippen LogP contribution is -2.32. The molecule has 0 spiro atoms. The Kier molecular flexibility index (Phi) is 6.25. The Bertz CT molecular complexity index is 1330. The van der Waals surface area contributed by atoms with E-state index in [1.807, 2.05) is 13.8 Å². The van der Waals surface area contributed by atoms with Crippen LogP contribution in [0.1, 0.15) is 26.5 Å². The molecule has 168 valence electrons. The molecule has 0 fully saturated rings. The molecule has 33 heavy (non-hydrogen) atoms. The molecule has 4 rings (SSSR count). The third-order valence-electron chi connectivity index (χ3n) is 5.15. The molecule has 0 atom stereocenters. The van der Waals surface area contributed by atoms with E-state index in [0.29, 0.717) is 32.7 Å². The van der Waals surface area contributed by atoms with Crippen LogP contribution in [-0.2, 0) is 9.59 Å². The van der Waals surface area contributed by atoms with Gasteiger partial charge in [0, 0.05) is 21.2 Å². The number of thiazole rings is 1. The Morgan fingerprint density at radius 3 is 2.45 bits per heavy atom. The molecule has 1 aromatic heterocycles. The maximum atomic E-state index is 13.1. The topological polar surface area (TPSA) is 91.4 Å². The second-order valence-electron chi connectivity index (χ2n) is 7.34. The van der Waals surface area contributed by atoms with Gasteiger partial charge in [-0.15, -0.1) is 11.3 Å². The molecule has 7 nitrogen and oxygen atoms in total. The highest BCUT2D eigenvalue weighted by molar-refractivity contribution is 7.15. The number of nitrogens with one attached hydrogen (secondary N) is 2. The highest BCUT2D eigenvalue weighted by Crippen LogP contribution is 2.34. The van der Waals surface area contributed by atoms with Gasteiger partial charge in [-0.2, -0.15) is 0 Å². The third-order valence-corrected chi connectivity index (χ3v) is 6.90. The van der Waals surface area contributed by atoms with Crippen molar-refractivity contribution in [3.05, 3.63) is 79.9 Å². The Morgan fingerprint density at radius 2 is 1.76 bits per heavy atom. The van der Waals surface area contributed by atoms with Crippen LogP contribution in [0.5, 0.6) is 0 Å². The van der Waals surface area contributed by atoms with Gasteiger partial charge in [0.2, 0.25) is 0 Å². The van der Waals surface area contributed by atoms with Crippen LogP contribution in [0.15, 0.2) is 53.2 Å². The molecule has 3 aromatic rings. The van der Waals surface area contributed by atoms with Crippen LogP contribution < -0.4 is 15.5 Å². The van der Waals surface area contributed by atoms with Crippen LogP contribution in [0.2, 0.25) is 5.02 Å². The number of rotatable bonds is 5. The summed E-state index contributed by atoms with van der Waals surface area (Å²) in [6, 6.07) is 11.5. The number of carbonyl (C=O) groups excluding carboxylic acids is 3. The van der Waals surface area contributed by atoms with E-state index in [1.165, 1.54) is 11.3 Å². The van der Waals surface area contributed by atoms with Crippen LogP contribution in [0, 0.1) is 20.8 Å². The number of halogens is 2. The lowest BCUT2D eigenvalue weighted by atomic mass is 10.1. The number of nitrogens with zero attached hydrogens (tertiary/aromatic N) is 2. The Labute approximate surface area is 204 Å². The van der Waals surface area contributed by atoms with Crippen LogP contribution in [0.25, 0.3) is 0 Å². The van der Waals surface area contributed by atoms with Crippen molar-refractivity contribution in [1.29, 1.82) is 0 Å². The minimum absolute atomic E-state index is 0.0789. The summed E-state index contributed by atoms with van der Waals surface area (Å²) in [5.74, 6) is -1.62. The van der Waals surface area contributed by atoms with E-state index in [4.69, 9.17) is 23.2 Å². The van der Waals surface area contributed by atoms with Crippen molar-refractivity contribution in [2.24, 2.45) is 0 Å². The molecule has 2 heterocycles. The number of hydrogen-bond acceptors (Lipinski definition) is 6. The number of benzene rings is 2. The molecule has 2 aromatic carbocycles. The van der Waals surface area contributed by atoms with Crippen LogP contribution >= 0.6 is 34.5 Å². The summed E-state index contributed by atoms with van der Waals surface area (Å²) in [4.78, 5) is 44.8. The Morgan fingerprint density at radius 1 is 1.03 bits per heavy atom. The van der Waals surface area contributed by atoms with Gasteiger partial charge >= 0.3 is 0 Å². The van der Waals surface area contributed by atoms with Gasteiger partial charge in [0.25, 0.3) is 17.7 Å². The fourth-order valence-electron chi connectivity index (χ4n) is 3.25. The standard InChI is InChI=1S/C23H18Cl2N4O3S/c1-11-16(24)8-5-9-17(11)29-21(31)18(25)19(22(29)32)27-15-7-4-6-14(10-15)20(30)28-23-26-12(2)13(3)33-23/h4-10,27H,1-3H3,(H,26,28,30). The fraction of sp³-hybridized carbons (Fsp3) is 0.130. The average molecular weight is 501 g/mol. The van der Waals surface area contributed by atoms with E-state index in [9.17, 15) is 14.4 Å². The van der Waals surface area contributed by atoms with E-state index in [1.54, 1.807) is 49.4 Å². The van der Waals surface area contributed by atoms with Crippen molar-refractivity contribution in [3.63, 3.8) is 0 Å².